The topological polar surface area (TPSA) is 59.6 Å². The summed E-state index contributed by atoms with van der Waals surface area (Å²) in [6.45, 7) is 5.11. The molecule has 0 aromatic carbocycles. The maximum absolute atomic E-state index is 11.9. The number of carbonyl (C=O) groups is 1. The summed E-state index contributed by atoms with van der Waals surface area (Å²) < 4.78 is 10.7. The maximum atomic E-state index is 11.9. The summed E-state index contributed by atoms with van der Waals surface area (Å²) >= 11 is 0. The van der Waals surface area contributed by atoms with Crippen LogP contribution < -0.4 is 10.6 Å². The lowest BCUT2D eigenvalue weighted by Crippen LogP contribution is -2.52. The quantitative estimate of drug-likeness (QED) is 0.710. The highest BCUT2D eigenvalue weighted by atomic mass is 16.5. The molecule has 0 aromatic rings. The highest BCUT2D eigenvalue weighted by molar-refractivity contribution is 5.75. The molecular weight excluding hydrogens is 244 g/mol. The van der Waals surface area contributed by atoms with Gasteiger partial charge in [-0.05, 0) is 18.8 Å². The second kappa shape index (κ2) is 8.03. The fourth-order valence-corrected chi connectivity index (χ4v) is 2.09. The molecule has 0 aliphatic carbocycles. The van der Waals surface area contributed by atoms with E-state index in [4.69, 9.17) is 15.9 Å². The largest absolute Gasteiger partial charge is 0.382 e. The summed E-state index contributed by atoms with van der Waals surface area (Å²) in [6.07, 6.45) is 7.38. The first-order chi connectivity index (χ1) is 9.08. The lowest BCUT2D eigenvalue weighted by Gasteiger charge is -2.25. The van der Waals surface area contributed by atoms with E-state index in [1.54, 1.807) is 7.11 Å². The van der Waals surface area contributed by atoms with Crippen molar-refractivity contribution in [1.29, 1.82) is 0 Å². The SMILES string of the molecule is C#C[C@H](NC(=O)N[C@@H](COC)[C@H]1CCCO1)C(C)C. The molecule has 1 heterocycles. The summed E-state index contributed by atoms with van der Waals surface area (Å²) in [6, 6.07) is -0.681. The van der Waals surface area contributed by atoms with Crippen LogP contribution in [0.4, 0.5) is 4.79 Å². The lowest BCUT2D eigenvalue weighted by molar-refractivity contribution is 0.0469. The first-order valence-corrected chi connectivity index (χ1v) is 6.72. The third-order valence-corrected chi connectivity index (χ3v) is 3.21. The van der Waals surface area contributed by atoms with E-state index in [9.17, 15) is 4.79 Å². The van der Waals surface area contributed by atoms with Crippen molar-refractivity contribution in [2.45, 2.75) is 44.9 Å². The third kappa shape index (κ3) is 5.09. The molecule has 5 heteroatoms. The van der Waals surface area contributed by atoms with Gasteiger partial charge in [-0.2, -0.15) is 0 Å². The molecule has 1 saturated heterocycles. The first kappa shape index (κ1) is 15.8. The minimum atomic E-state index is -0.271. The Morgan fingerprint density at radius 3 is 2.74 bits per heavy atom. The van der Waals surface area contributed by atoms with E-state index in [0.717, 1.165) is 19.4 Å². The van der Waals surface area contributed by atoms with Crippen molar-refractivity contribution in [3.8, 4) is 12.3 Å². The Bertz CT molecular complexity index is 319. The van der Waals surface area contributed by atoms with Crippen LogP contribution in [0.5, 0.6) is 0 Å². The van der Waals surface area contributed by atoms with E-state index in [2.05, 4.69) is 16.6 Å². The zero-order valence-electron chi connectivity index (χ0n) is 11.9. The van der Waals surface area contributed by atoms with Gasteiger partial charge in [-0.3, -0.25) is 0 Å². The van der Waals surface area contributed by atoms with Crippen LogP contribution in [0.15, 0.2) is 0 Å². The second-order valence-corrected chi connectivity index (χ2v) is 5.12. The van der Waals surface area contributed by atoms with Gasteiger partial charge in [0.25, 0.3) is 0 Å². The van der Waals surface area contributed by atoms with Gasteiger partial charge >= 0.3 is 6.03 Å². The zero-order chi connectivity index (χ0) is 14.3. The van der Waals surface area contributed by atoms with Crippen LogP contribution in [0.25, 0.3) is 0 Å². The Kier molecular flexibility index (Phi) is 6.68. The summed E-state index contributed by atoms with van der Waals surface area (Å²) in [5.41, 5.74) is 0. The Morgan fingerprint density at radius 2 is 2.26 bits per heavy atom. The second-order valence-electron chi connectivity index (χ2n) is 5.12. The van der Waals surface area contributed by atoms with Gasteiger partial charge in [0.05, 0.1) is 24.8 Å². The van der Waals surface area contributed by atoms with Crippen LogP contribution in [-0.2, 0) is 9.47 Å². The monoisotopic (exact) mass is 268 g/mol. The van der Waals surface area contributed by atoms with E-state index >= 15 is 0 Å². The first-order valence-electron chi connectivity index (χ1n) is 6.72. The van der Waals surface area contributed by atoms with Crippen LogP contribution in [0, 0.1) is 18.3 Å². The molecule has 0 aromatic heterocycles. The zero-order valence-corrected chi connectivity index (χ0v) is 11.9. The van der Waals surface area contributed by atoms with Gasteiger partial charge in [-0.1, -0.05) is 19.8 Å². The highest BCUT2D eigenvalue weighted by Crippen LogP contribution is 2.16. The maximum Gasteiger partial charge on any atom is 0.316 e. The summed E-state index contributed by atoms with van der Waals surface area (Å²) in [7, 11) is 1.61. The minimum absolute atomic E-state index is 0.0223. The molecule has 0 radical (unpaired) electrons. The number of hydrogen-bond donors (Lipinski definition) is 2. The normalized spacial score (nSPS) is 21.7. The molecule has 19 heavy (non-hydrogen) atoms. The molecule has 0 spiro atoms. The number of nitrogens with one attached hydrogen (secondary N) is 2. The van der Waals surface area contributed by atoms with Gasteiger partial charge in [0.1, 0.15) is 0 Å². The standard InChI is InChI=1S/C14H24N2O3/c1-5-11(10(2)3)15-14(17)16-12(9-18-4)13-7-6-8-19-13/h1,10-13H,6-9H2,2-4H3,(H2,15,16,17)/t11-,12-,13+/m0/s1. The number of carbonyl (C=O) groups excluding carboxylic acids is 1. The number of methoxy groups -OCH3 is 1. The van der Waals surface area contributed by atoms with Gasteiger partial charge in [0.15, 0.2) is 0 Å². The molecule has 2 N–H and O–H groups in total. The Hall–Kier alpha value is -1.25. The molecule has 5 nitrogen and oxygen atoms in total. The third-order valence-electron chi connectivity index (χ3n) is 3.21. The van der Waals surface area contributed by atoms with Crippen LogP contribution in [0.1, 0.15) is 26.7 Å². The number of urea groups is 1. The molecule has 0 bridgehead atoms. The molecule has 1 aliphatic rings. The van der Waals surface area contributed by atoms with E-state index in [1.807, 2.05) is 13.8 Å². The van der Waals surface area contributed by atoms with Gasteiger partial charge in [-0.25, -0.2) is 4.79 Å². The van der Waals surface area contributed by atoms with E-state index in [1.165, 1.54) is 0 Å². The van der Waals surface area contributed by atoms with Crippen molar-refractivity contribution in [3.05, 3.63) is 0 Å². The molecule has 1 fully saturated rings. The fourth-order valence-electron chi connectivity index (χ4n) is 2.09. The lowest BCUT2D eigenvalue weighted by atomic mass is 10.1. The van der Waals surface area contributed by atoms with Crippen molar-refractivity contribution in [1.82, 2.24) is 10.6 Å². The number of hydrogen-bond acceptors (Lipinski definition) is 3. The summed E-state index contributed by atoms with van der Waals surface area (Å²) in [5, 5.41) is 5.67. The molecule has 1 rings (SSSR count). The molecule has 2 amide bonds. The molecule has 0 unspecified atom stereocenters. The predicted molar refractivity (Wildman–Crippen MR) is 73.8 cm³/mol. The molecule has 1 aliphatic heterocycles. The highest BCUT2D eigenvalue weighted by Gasteiger charge is 2.27. The van der Waals surface area contributed by atoms with Crippen LogP contribution >= 0.6 is 0 Å². The molecular formula is C14H24N2O3. The fraction of sp³-hybridized carbons (Fsp3) is 0.786. The van der Waals surface area contributed by atoms with Crippen molar-refractivity contribution in [2.24, 2.45) is 5.92 Å². The van der Waals surface area contributed by atoms with Crippen molar-refractivity contribution >= 4 is 6.03 Å². The molecule has 108 valence electrons. The van der Waals surface area contributed by atoms with Crippen LogP contribution in [-0.4, -0.2) is 44.5 Å². The average molecular weight is 268 g/mol. The number of terminal acetylenes is 1. The van der Waals surface area contributed by atoms with Gasteiger partial charge < -0.3 is 20.1 Å². The van der Waals surface area contributed by atoms with E-state index in [0.29, 0.717) is 6.61 Å². The van der Waals surface area contributed by atoms with Crippen LogP contribution in [0.3, 0.4) is 0 Å². The summed E-state index contributed by atoms with van der Waals surface area (Å²) in [5.74, 6) is 2.77. The van der Waals surface area contributed by atoms with E-state index < -0.39 is 0 Å². The van der Waals surface area contributed by atoms with Gasteiger partial charge in [0.2, 0.25) is 0 Å². The van der Waals surface area contributed by atoms with Gasteiger partial charge in [0, 0.05) is 13.7 Å². The van der Waals surface area contributed by atoms with Crippen LogP contribution in [0.2, 0.25) is 0 Å². The smallest absolute Gasteiger partial charge is 0.316 e. The van der Waals surface area contributed by atoms with E-state index in [-0.39, 0.29) is 30.1 Å². The Labute approximate surface area is 115 Å². The molecule has 0 saturated carbocycles. The van der Waals surface area contributed by atoms with Crippen molar-refractivity contribution in [3.63, 3.8) is 0 Å². The van der Waals surface area contributed by atoms with Crippen molar-refractivity contribution in [2.75, 3.05) is 20.3 Å². The molecule has 3 atom stereocenters. The number of rotatable bonds is 6. The average Bonchev–Trinajstić information content (AvgIpc) is 2.88. The number of amides is 2. The number of ether oxygens (including phenoxy) is 2. The van der Waals surface area contributed by atoms with Gasteiger partial charge in [-0.15, -0.1) is 6.42 Å². The predicted octanol–water partition coefficient (Wildman–Crippen LogP) is 1.14. The minimum Gasteiger partial charge on any atom is -0.382 e. The summed E-state index contributed by atoms with van der Waals surface area (Å²) in [4.78, 5) is 11.9. The Balaban J connectivity index is 2.49. The van der Waals surface area contributed by atoms with Crippen molar-refractivity contribution < 1.29 is 14.3 Å². The Morgan fingerprint density at radius 1 is 1.53 bits per heavy atom.